The van der Waals surface area contributed by atoms with E-state index in [1.54, 1.807) is 0 Å². The van der Waals surface area contributed by atoms with E-state index < -0.39 is 0 Å². The molecule has 0 saturated carbocycles. The highest BCUT2D eigenvalue weighted by atomic mass is 79.9. The van der Waals surface area contributed by atoms with Gasteiger partial charge in [0.05, 0.1) is 11.1 Å². The molecule has 3 rings (SSSR count). The molecule has 1 saturated heterocycles. The number of anilines is 2. The topological polar surface area (TPSA) is 27.3 Å². The van der Waals surface area contributed by atoms with E-state index in [-0.39, 0.29) is 6.04 Å². The van der Waals surface area contributed by atoms with E-state index in [2.05, 4.69) is 69.6 Å². The molecule has 0 radical (unpaired) electrons. The molecule has 0 aromatic heterocycles. The van der Waals surface area contributed by atoms with Crippen LogP contribution in [-0.2, 0) is 0 Å². The van der Waals surface area contributed by atoms with Crippen molar-refractivity contribution < 1.29 is 0 Å². The van der Waals surface area contributed by atoms with Crippen LogP contribution in [0.2, 0.25) is 5.02 Å². The lowest BCUT2D eigenvalue weighted by atomic mass is 9.99. The Morgan fingerprint density at radius 1 is 1.26 bits per heavy atom. The van der Waals surface area contributed by atoms with Crippen molar-refractivity contribution in [3.8, 4) is 0 Å². The molecule has 2 atom stereocenters. The third-order valence-electron chi connectivity index (χ3n) is 4.94. The second-order valence-electron chi connectivity index (χ2n) is 7.23. The third kappa shape index (κ3) is 5.59. The van der Waals surface area contributed by atoms with Gasteiger partial charge in [0.15, 0.2) is 5.11 Å². The first-order valence-corrected chi connectivity index (χ1v) is 10.9. The smallest absolute Gasteiger partial charge is 0.171 e. The first kappa shape index (κ1) is 20.4. The highest BCUT2D eigenvalue weighted by Crippen LogP contribution is 2.26. The zero-order chi connectivity index (χ0) is 19.4. The number of benzene rings is 2. The number of hydrogen-bond acceptors (Lipinski definition) is 2. The Hall–Kier alpha value is -1.30. The molecule has 1 aliphatic rings. The van der Waals surface area contributed by atoms with E-state index in [9.17, 15) is 0 Å². The highest BCUT2D eigenvalue weighted by Gasteiger charge is 2.17. The van der Waals surface area contributed by atoms with Crippen molar-refractivity contribution in [2.24, 2.45) is 5.92 Å². The minimum atomic E-state index is 0.116. The normalized spacial score (nSPS) is 18.1. The Bertz CT molecular complexity index is 797. The quantitative estimate of drug-likeness (QED) is 0.511. The van der Waals surface area contributed by atoms with E-state index in [0.717, 1.165) is 29.2 Å². The van der Waals surface area contributed by atoms with E-state index in [4.69, 9.17) is 23.8 Å². The summed E-state index contributed by atoms with van der Waals surface area (Å²) in [5.74, 6) is 0.773. The highest BCUT2D eigenvalue weighted by molar-refractivity contribution is 9.10. The Morgan fingerprint density at radius 2 is 2.00 bits per heavy atom. The molecule has 2 N–H and O–H groups in total. The molecule has 0 spiro atoms. The van der Waals surface area contributed by atoms with Crippen molar-refractivity contribution >= 4 is 56.2 Å². The molecule has 1 fully saturated rings. The molecular weight excluding hydrogens is 442 g/mol. The van der Waals surface area contributed by atoms with Crippen molar-refractivity contribution in [1.82, 2.24) is 5.32 Å². The zero-order valence-corrected chi connectivity index (χ0v) is 18.8. The fourth-order valence-corrected chi connectivity index (χ4v) is 4.14. The summed E-state index contributed by atoms with van der Waals surface area (Å²) in [5.41, 5.74) is 3.38. The van der Waals surface area contributed by atoms with Gasteiger partial charge in [-0.3, -0.25) is 0 Å². The van der Waals surface area contributed by atoms with Crippen molar-refractivity contribution in [3.05, 3.63) is 57.5 Å². The summed E-state index contributed by atoms with van der Waals surface area (Å²) < 4.78 is 0.866. The molecule has 2 aromatic rings. The number of hydrogen-bond donors (Lipinski definition) is 2. The predicted molar refractivity (Wildman–Crippen MR) is 124 cm³/mol. The fraction of sp³-hybridized carbons (Fsp3) is 0.381. The van der Waals surface area contributed by atoms with Crippen molar-refractivity contribution in [3.63, 3.8) is 0 Å². The zero-order valence-electron chi connectivity index (χ0n) is 15.6. The lowest BCUT2D eigenvalue weighted by Crippen LogP contribution is -2.34. The lowest BCUT2D eigenvalue weighted by molar-refractivity contribution is 0.447. The standard InChI is InChI=1S/C21H25BrClN3S/c1-14-4-3-11-26(13-14)18-8-5-16(6-9-18)15(2)24-21(27)25-17-7-10-19(22)20(23)12-17/h5-10,12,14-15H,3-4,11,13H2,1-2H3,(H2,24,25,27)/t14-,15+/m1/s1. The maximum Gasteiger partial charge on any atom is 0.171 e. The largest absolute Gasteiger partial charge is 0.371 e. The Kier molecular flexibility index (Phi) is 7.01. The summed E-state index contributed by atoms with van der Waals surface area (Å²) in [7, 11) is 0. The van der Waals surface area contributed by atoms with Crippen LogP contribution in [-0.4, -0.2) is 18.2 Å². The van der Waals surface area contributed by atoms with E-state index >= 15 is 0 Å². The van der Waals surface area contributed by atoms with Gasteiger partial charge in [0.1, 0.15) is 0 Å². The minimum absolute atomic E-state index is 0.116. The van der Waals surface area contributed by atoms with Gasteiger partial charge in [-0.25, -0.2) is 0 Å². The number of nitrogens with one attached hydrogen (secondary N) is 2. The van der Waals surface area contributed by atoms with Gasteiger partial charge >= 0.3 is 0 Å². The molecule has 2 aromatic carbocycles. The van der Waals surface area contributed by atoms with Crippen molar-refractivity contribution in [1.29, 1.82) is 0 Å². The Labute approximate surface area is 180 Å². The summed E-state index contributed by atoms with van der Waals surface area (Å²) in [6.07, 6.45) is 2.62. The van der Waals surface area contributed by atoms with E-state index in [1.807, 2.05) is 18.2 Å². The Morgan fingerprint density at radius 3 is 2.67 bits per heavy atom. The van der Waals surface area contributed by atoms with Crippen LogP contribution in [0.25, 0.3) is 0 Å². The van der Waals surface area contributed by atoms with Crippen LogP contribution in [0.15, 0.2) is 46.9 Å². The average molecular weight is 467 g/mol. The van der Waals surface area contributed by atoms with E-state index in [0.29, 0.717) is 10.1 Å². The molecule has 0 amide bonds. The monoisotopic (exact) mass is 465 g/mol. The molecule has 0 unspecified atom stereocenters. The first-order chi connectivity index (χ1) is 12.9. The maximum atomic E-state index is 6.13. The Balaban J connectivity index is 1.57. The van der Waals surface area contributed by atoms with Gasteiger partial charge in [-0.15, -0.1) is 0 Å². The van der Waals surface area contributed by atoms with Gasteiger partial charge in [0.2, 0.25) is 0 Å². The minimum Gasteiger partial charge on any atom is -0.371 e. The van der Waals surface area contributed by atoms with Gasteiger partial charge in [-0.2, -0.15) is 0 Å². The molecule has 6 heteroatoms. The predicted octanol–water partition coefficient (Wildman–Crippen LogP) is 6.39. The number of thiocarbonyl (C=S) groups is 1. The van der Waals surface area contributed by atoms with Gasteiger partial charge in [0, 0.05) is 28.9 Å². The van der Waals surface area contributed by atoms with Gasteiger partial charge in [-0.1, -0.05) is 30.7 Å². The summed E-state index contributed by atoms with van der Waals surface area (Å²) in [5, 5.41) is 7.75. The second kappa shape index (κ2) is 9.26. The molecule has 0 bridgehead atoms. The fourth-order valence-electron chi connectivity index (χ4n) is 3.42. The summed E-state index contributed by atoms with van der Waals surface area (Å²) >= 11 is 15.0. The summed E-state index contributed by atoms with van der Waals surface area (Å²) in [4.78, 5) is 2.49. The average Bonchev–Trinajstić information content (AvgIpc) is 2.65. The number of piperidine rings is 1. The van der Waals surface area contributed by atoms with Crippen LogP contribution in [0.3, 0.4) is 0 Å². The first-order valence-electron chi connectivity index (χ1n) is 9.30. The van der Waals surface area contributed by atoms with Gasteiger partial charge in [-0.05, 0) is 89.7 Å². The number of nitrogens with zero attached hydrogens (tertiary/aromatic N) is 1. The van der Waals surface area contributed by atoms with Gasteiger partial charge in [0.25, 0.3) is 0 Å². The number of halogens is 2. The molecule has 0 aliphatic carbocycles. The van der Waals surface area contributed by atoms with E-state index in [1.165, 1.54) is 24.1 Å². The molecule has 27 heavy (non-hydrogen) atoms. The summed E-state index contributed by atoms with van der Waals surface area (Å²) in [6, 6.07) is 14.6. The molecule has 1 aliphatic heterocycles. The van der Waals surface area contributed by atoms with Crippen LogP contribution in [0, 0.1) is 5.92 Å². The lowest BCUT2D eigenvalue weighted by Gasteiger charge is -2.33. The van der Waals surface area contributed by atoms with Crippen molar-refractivity contribution in [2.45, 2.75) is 32.7 Å². The van der Waals surface area contributed by atoms with Crippen molar-refractivity contribution in [2.75, 3.05) is 23.3 Å². The number of rotatable bonds is 4. The summed E-state index contributed by atoms with van der Waals surface area (Å²) in [6.45, 7) is 6.75. The maximum absolute atomic E-state index is 6.13. The molecule has 3 nitrogen and oxygen atoms in total. The third-order valence-corrected chi connectivity index (χ3v) is 6.39. The molecule has 1 heterocycles. The SMILES string of the molecule is C[C@@H]1CCCN(c2ccc([C@H](C)NC(=S)Nc3ccc(Br)c(Cl)c3)cc2)C1. The van der Waals surface area contributed by atoms with Crippen LogP contribution < -0.4 is 15.5 Å². The second-order valence-corrected chi connectivity index (χ2v) is 8.90. The molecular formula is C21H25BrClN3S. The molecule has 144 valence electrons. The van der Waals surface area contributed by atoms with Crippen LogP contribution in [0.4, 0.5) is 11.4 Å². The van der Waals surface area contributed by atoms with Gasteiger partial charge < -0.3 is 15.5 Å². The van der Waals surface area contributed by atoms with Crippen LogP contribution in [0.1, 0.15) is 38.3 Å². The van der Waals surface area contributed by atoms with Crippen LogP contribution in [0.5, 0.6) is 0 Å². The van der Waals surface area contributed by atoms with Crippen LogP contribution >= 0.6 is 39.7 Å².